The van der Waals surface area contributed by atoms with Crippen LogP contribution in [0.5, 0.6) is 5.75 Å². The molecule has 0 aromatic heterocycles. The van der Waals surface area contributed by atoms with Gasteiger partial charge >= 0.3 is 6.03 Å². The highest BCUT2D eigenvalue weighted by Gasteiger charge is 2.25. The summed E-state index contributed by atoms with van der Waals surface area (Å²) in [4.78, 5) is 14.4. The van der Waals surface area contributed by atoms with Gasteiger partial charge in [0.25, 0.3) is 0 Å². The first-order valence-electron chi connectivity index (χ1n) is 7.77. The molecule has 0 aliphatic rings. The monoisotopic (exact) mass is 312 g/mol. The fourth-order valence-electron chi connectivity index (χ4n) is 2.47. The molecule has 0 aliphatic carbocycles. The molecule has 1 N–H and O–H groups in total. The summed E-state index contributed by atoms with van der Waals surface area (Å²) in [6.45, 7) is 6.55. The second kappa shape index (κ2) is 7.18. The summed E-state index contributed by atoms with van der Waals surface area (Å²) in [7, 11) is 1.64. The Morgan fingerprint density at radius 2 is 1.70 bits per heavy atom. The number of hydrogen-bond acceptors (Lipinski definition) is 2. The molecular weight excluding hydrogens is 288 g/mol. The minimum absolute atomic E-state index is 0.112. The van der Waals surface area contributed by atoms with E-state index in [9.17, 15) is 4.79 Å². The molecule has 0 aliphatic heterocycles. The van der Waals surface area contributed by atoms with Gasteiger partial charge in [0.2, 0.25) is 0 Å². The zero-order valence-electron chi connectivity index (χ0n) is 14.2. The van der Waals surface area contributed by atoms with Crippen molar-refractivity contribution in [2.24, 2.45) is 0 Å². The third kappa shape index (κ3) is 4.03. The second-order valence-corrected chi connectivity index (χ2v) is 5.86. The van der Waals surface area contributed by atoms with Crippen molar-refractivity contribution in [1.82, 2.24) is 5.32 Å². The van der Waals surface area contributed by atoms with Gasteiger partial charge in [-0.05, 0) is 50.6 Å². The van der Waals surface area contributed by atoms with Crippen LogP contribution in [0, 0.1) is 0 Å². The number of rotatable bonds is 5. The van der Waals surface area contributed by atoms with Crippen molar-refractivity contribution < 1.29 is 9.53 Å². The van der Waals surface area contributed by atoms with Crippen LogP contribution in [0.3, 0.4) is 0 Å². The van der Waals surface area contributed by atoms with Crippen molar-refractivity contribution in [3.05, 3.63) is 60.2 Å². The molecule has 0 atom stereocenters. The smallest absolute Gasteiger partial charge is 0.322 e. The highest BCUT2D eigenvalue weighted by Crippen LogP contribution is 2.24. The molecule has 0 unspecified atom stereocenters. The van der Waals surface area contributed by atoms with Gasteiger partial charge in [0.1, 0.15) is 5.75 Å². The van der Waals surface area contributed by atoms with Gasteiger partial charge in [0.15, 0.2) is 0 Å². The molecule has 4 nitrogen and oxygen atoms in total. The maximum Gasteiger partial charge on any atom is 0.322 e. The van der Waals surface area contributed by atoms with Crippen molar-refractivity contribution in [1.29, 1.82) is 0 Å². The lowest BCUT2D eigenvalue weighted by Crippen LogP contribution is -2.48. The highest BCUT2D eigenvalue weighted by atomic mass is 16.5. The Morgan fingerprint density at radius 1 is 1.09 bits per heavy atom. The van der Waals surface area contributed by atoms with Crippen LogP contribution in [0.15, 0.2) is 54.6 Å². The predicted molar refractivity (Wildman–Crippen MR) is 94.0 cm³/mol. The van der Waals surface area contributed by atoms with Gasteiger partial charge in [-0.25, -0.2) is 4.79 Å². The first kappa shape index (κ1) is 16.9. The lowest BCUT2D eigenvalue weighted by atomic mass is 9.94. The van der Waals surface area contributed by atoms with Crippen LogP contribution in [0.25, 0.3) is 0 Å². The molecule has 0 heterocycles. The molecule has 2 aromatic rings. The Hall–Kier alpha value is -2.49. The molecule has 0 saturated heterocycles. The third-order valence-corrected chi connectivity index (χ3v) is 3.86. The average molecular weight is 312 g/mol. The van der Waals surface area contributed by atoms with Crippen molar-refractivity contribution in [3.8, 4) is 5.75 Å². The van der Waals surface area contributed by atoms with Crippen LogP contribution in [-0.2, 0) is 5.54 Å². The number of anilines is 1. The van der Waals surface area contributed by atoms with Gasteiger partial charge in [-0.1, -0.05) is 30.3 Å². The molecular formula is C19H24N2O2. The predicted octanol–water partition coefficient (Wildman–Crippen LogP) is 4.17. The molecule has 2 amide bonds. The SMILES string of the molecule is CCN(C(=O)NC(C)(C)c1ccc(OC)cc1)c1ccccc1. The van der Waals surface area contributed by atoms with E-state index in [0.29, 0.717) is 6.54 Å². The van der Waals surface area contributed by atoms with Gasteiger partial charge in [0.05, 0.1) is 12.6 Å². The Labute approximate surface area is 138 Å². The largest absolute Gasteiger partial charge is 0.497 e. The summed E-state index contributed by atoms with van der Waals surface area (Å²) in [5.74, 6) is 0.801. The fraction of sp³-hybridized carbons (Fsp3) is 0.316. The Balaban J connectivity index is 2.16. The summed E-state index contributed by atoms with van der Waals surface area (Å²) in [5.41, 5.74) is 1.43. The molecule has 0 fully saturated rings. The van der Waals surface area contributed by atoms with Gasteiger partial charge < -0.3 is 10.1 Å². The number of methoxy groups -OCH3 is 1. The van der Waals surface area contributed by atoms with Crippen LogP contribution >= 0.6 is 0 Å². The summed E-state index contributed by atoms with van der Waals surface area (Å²) in [5, 5.41) is 3.11. The molecule has 0 radical (unpaired) electrons. The average Bonchev–Trinajstić information content (AvgIpc) is 2.56. The molecule has 2 aromatic carbocycles. The number of carbonyl (C=O) groups excluding carboxylic acids is 1. The van der Waals surface area contributed by atoms with Gasteiger partial charge in [-0.15, -0.1) is 0 Å². The lowest BCUT2D eigenvalue weighted by molar-refractivity contribution is 0.236. The minimum atomic E-state index is -0.481. The van der Waals surface area contributed by atoms with E-state index in [1.165, 1.54) is 0 Å². The van der Waals surface area contributed by atoms with Crippen LogP contribution in [0.2, 0.25) is 0 Å². The Bertz CT molecular complexity index is 636. The minimum Gasteiger partial charge on any atom is -0.497 e. The van der Waals surface area contributed by atoms with E-state index in [4.69, 9.17) is 4.74 Å². The Kier molecular flexibility index (Phi) is 5.27. The molecule has 2 rings (SSSR count). The first-order valence-corrected chi connectivity index (χ1v) is 7.77. The number of ether oxygens (including phenoxy) is 1. The number of urea groups is 1. The van der Waals surface area contributed by atoms with Crippen LogP contribution in [-0.4, -0.2) is 19.7 Å². The van der Waals surface area contributed by atoms with E-state index in [0.717, 1.165) is 17.0 Å². The number of benzene rings is 2. The molecule has 23 heavy (non-hydrogen) atoms. The van der Waals surface area contributed by atoms with E-state index in [2.05, 4.69) is 5.32 Å². The third-order valence-electron chi connectivity index (χ3n) is 3.86. The van der Waals surface area contributed by atoms with Crippen LogP contribution in [0.4, 0.5) is 10.5 Å². The number of amides is 2. The molecule has 0 saturated carbocycles. The number of carbonyl (C=O) groups is 1. The maximum atomic E-state index is 12.7. The van der Waals surface area contributed by atoms with E-state index < -0.39 is 5.54 Å². The number of nitrogens with one attached hydrogen (secondary N) is 1. The fourth-order valence-corrected chi connectivity index (χ4v) is 2.47. The zero-order chi connectivity index (χ0) is 16.9. The van der Waals surface area contributed by atoms with Crippen molar-refractivity contribution in [3.63, 3.8) is 0 Å². The summed E-state index contributed by atoms with van der Waals surface area (Å²) in [6.07, 6.45) is 0. The molecule has 122 valence electrons. The van der Waals surface area contributed by atoms with E-state index >= 15 is 0 Å². The Morgan fingerprint density at radius 3 is 2.22 bits per heavy atom. The van der Waals surface area contributed by atoms with Gasteiger partial charge in [0, 0.05) is 12.2 Å². The first-order chi connectivity index (χ1) is 11.0. The number of nitrogens with zero attached hydrogens (tertiary/aromatic N) is 1. The van der Waals surface area contributed by atoms with Crippen LogP contribution < -0.4 is 15.0 Å². The molecule has 0 spiro atoms. The number of para-hydroxylation sites is 1. The van der Waals surface area contributed by atoms with Crippen molar-refractivity contribution in [2.75, 3.05) is 18.6 Å². The lowest BCUT2D eigenvalue weighted by Gasteiger charge is -2.31. The van der Waals surface area contributed by atoms with Gasteiger partial charge in [-0.2, -0.15) is 0 Å². The summed E-state index contributed by atoms with van der Waals surface area (Å²) in [6, 6.07) is 17.3. The maximum absolute atomic E-state index is 12.7. The van der Waals surface area contributed by atoms with Crippen molar-refractivity contribution in [2.45, 2.75) is 26.3 Å². The normalized spacial score (nSPS) is 11.0. The molecule has 0 bridgehead atoms. The van der Waals surface area contributed by atoms with Crippen LogP contribution in [0.1, 0.15) is 26.3 Å². The quantitative estimate of drug-likeness (QED) is 0.900. The second-order valence-electron chi connectivity index (χ2n) is 5.86. The van der Waals surface area contributed by atoms with Crippen molar-refractivity contribution >= 4 is 11.7 Å². The van der Waals surface area contributed by atoms with E-state index in [1.807, 2.05) is 75.4 Å². The topological polar surface area (TPSA) is 41.6 Å². The zero-order valence-corrected chi connectivity index (χ0v) is 14.2. The summed E-state index contributed by atoms with van der Waals surface area (Å²) < 4.78 is 5.18. The van der Waals surface area contributed by atoms with E-state index in [1.54, 1.807) is 12.0 Å². The summed E-state index contributed by atoms with van der Waals surface area (Å²) >= 11 is 0. The standard InChI is InChI=1S/C19H24N2O2/c1-5-21(16-9-7-6-8-10-16)18(22)20-19(2,3)15-11-13-17(23-4)14-12-15/h6-14H,5H2,1-4H3,(H,20,22). The molecule has 4 heteroatoms. The highest BCUT2D eigenvalue weighted by molar-refractivity contribution is 5.92. The van der Waals surface area contributed by atoms with E-state index in [-0.39, 0.29) is 6.03 Å². The van der Waals surface area contributed by atoms with Gasteiger partial charge in [-0.3, -0.25) is 4.90 Å². The number of hydrogen-bond donors (Lipinski definition) is 1.